The Bertz CT molecular complexity index is 396. The van der Waals surface area contributed by atoms with Gasteiger partial charge in [0.1, 0.15) is 4.83 Å². The van der Waals surface area contributed by atoms with Crippen LogP contribution in [0, 0.1) is 0 Å². The predicted molar refractivity (Wildman–Crippen MR) is 42.8 cm³/mol. The van der Waals surface area contributed by atoms with Crippen LogP contribution in [-0.4, -0.2) is 16.3 Å². The zero-order valence-electron chi connectivity index (χ0n) is 5.52. The smallest absolute Gasteiger partial charge is 0.194 e. The van der Waals surface area contributed by atoms with Crippen molar-refractivity contribution in [1.82, 2.24) is 9.97 Å². The Morgan fingerprint density at radius 3 is 3.27 bits per heavy atom. The van der Waals surface area contributed by atoms with E-state index in [1.807, 2.05) is 11.4 Å². The average Bonchev–Trinajstić information content (AvgIpc) is 2.50. The first-order chi connectivity index (χ1) is 5.40. The summed E-state index contributed by atoms with van der Waals surface area (Å²) in [6.45, 7) is 0. The fourth-order valence-electron chi connectivity index (χ4n) is 0.826. The van der Waals surface area contributed by atoms with Gasteiger partial charge in [-0.1, -0.05) is 0 Å². The van der Waals surface area contributed by atoms with Gasteiger partial charge in [-0.15, -0.1) is 11.3 Å². The van der Waals surface area contributed by atoms with Crippen molar-refractivity contribution in [2.24, 2.45) is 0 Å². The Morgan fingerprint density at radius 2 is 2.45 bits per heavy atom. The first kappa shape index (κ1) is 6.42. The predicted octanol–water partition coefficient (Wildman–Crippen LogP) is 1.50. The van der Waals surface area contributed by atoms with Crippen LogP contribution in [0.5, 0.6) is 0 Å². The number of thiophene rings is 1. The van der Waals surface area contributed by atoms with Crippen molar-refractivity contribution in [3.8, 4) is 0 Å². The summed E-state index contributed by atoms with van der Waals surface area (Å²) in [5, 5.41) is 2.91. The summed E-state index contributed by atoms with van der Waals surface area (Å²) in [4.78, 5) is 18.9. The standard InChI is InChI=1S/C7H4N2OS/c10-4-6-8-3-5-1-2-11-7(5)9-6/h1-4H. The third-order valence-corrected chi connectivity index (χ3v) is 2.15. The lowest BCUT2D eigenvalue weighted by Crippen LogP contribution is -1.89. The van der Waals surface area contributed by atoms with Gasteiger partial charge < -0.3 is 0 Å². The molecule has 2 aromatic rings. The highest BCUT2D eigenvalue weighted by Crippen LogP contribution is 2.16. The van der Waals surface area contributed by atoms with Gasteiger partial charge in [0.15, 0.2) is 12.1 Å². The molecule has 0 amide bonds. The highest BCUT2D eigenvalue weighted by molar-refractivity contribution is 7.16. The van der Waals surface area contributed by atoms with Gasteiger partial charge in [-0.2, -0.15) is 0 Å². The maximum absolute atomic E-state index is 10.3. The molecule has 0 unspecified atom stereocenters. The van der Waals surface area contributed by atoms with E-state index in [0.29, 0.717) is 6.29 Å². The monoisotopic (exact) mass is 164 g/mol. The van der Waals surface area contributed by atoms with Crippen LogP contribution in [0.4, 0.5) is 0 Å². The van der Waals surface area contributed by atoms with Crippen molar-refractivity contribution in [3.63, 3.8) is 0 Å². The number of aromatic nitrogens is 2. The molecule has 0 fully saturated rings. The number of rotatable bonds is 1. The van der Waals surface area contributed by atoms with Crippen LogP contribution in [-0.2, 0) is 0 Å². The minimum atomic E-state index is 0.250. The second kappa shape index (κ2) is 2.39. The third kappa shape index (κ3) is 1.01. The zero-order valence-corrected chi connectivity index (χ0v) is 6.34. The Hall–Kier alpha value is -1.29. The quantitative estimate of drug-likeness (QED) is 0.600. The zero-order chi connectivity index (χ0) is 7.68. The summed E-state index contributed by atoms with van der Waals surface area (Å²) in [5.41, 5.74) is 0. The van der Waals surface area contributed by atoms with Crippen LogP contribution < -0.4 is 0 Å². The lowest BCUT2D eigenvalue weighted by Gasteiger charge is -1.87. The molecule has 0 aromatic carbocycles. The number of hydrogen-bond donors (Lipinski definition) is 0. The van der Waals surface area contributed by atoms with E-state index in [4.69, 9.17) is 0 Å². The molecule has 2 rings (SSSR count). The molecular weight excluding hydrogens is 160 g/mol. The van der Waals surface area contributed by atoms with Gasteiger partial charge in [-0.05, 0) is 11.4 Å². The number of aldehydes is 1. The van der Waals surface area contributed by atoms with E-state index in [0.717, 1.165) is 10.2 Å². The lowest BCUT2D eigenvalue weighted by molar-refractivity contribution is 0.111. The molecule has 3 nitrogen and oxygen atoms in total. The molecule has 0 N–H and O–H groups in total. The minimum Gasteiger partial charge on any atom is -0.294 e. The Labute approximate surface area is 66.7 Å². The molecule has 0 radical (unpaired) electrons. The first-order valence-electron chi connectivity index (χ1n) is 3.05. The van der Waals surface area contributed by atoms with Crippen molar-refractivity contribution < 1.29 is 4.79 Å². The number of hydrogen-bond acceptors (Lipinski definition) is 4. The largest absolute Gasteiger partial charge is 0.294 e. The summed E-state index contributed by atoms with van der Waals surface area (Å²) in [6.07, 6.45) is 2.31. The fraction of sp³-hybridized carbons (Fsp3) is 0. The Morgan fingerprint density at radius 1 is 1.55 bits per heavy atom. The van der Waals surface area contributed by atoms with E-state index in [9.17, 15) is 4.79 Å². The molecule has 0 bridgehead atoms. The van der Waals surface area contributed by atoms with Crippen LogP contribution >= 0.6 is 11.3 Å². The molecule has 2 heterocycles. The number of carbonyl (C=O) groups is 1. The van der Waals surface area contributed by atoms with Crippen LogP contribution in [0.25, 0.3) is 10.2 Å². The maximum Gasteiger partial charge on any atom is 0.194 e. The first-order valence-corrected chi connectivity index (χ1v) is 3.93. The van der Waals surface area contributed by atoms with Gasteiger partial charge in [-0.25, -0.2) is 9.97 Å². The number of nitrogens with zero attached hydrogens (tertiary/aromatic N) is 2. The van der Waals surface area contributed by atoms with Gasteiger partial charge in [0, 0.05) is 11.6 Å². The van der Waals surface area contributed by atoms with Crippen molar-refractivity contribution in [2.75, 3.05) is 0 Å². The molecular formula is C7H4N2OS. The second-order valence-corrected chi connectivity index (χ2v) is 2.92. The van der Waals surface area contributed by atoms with Gasteiger partial charge in [0.2, 0.25) is 0 Å². The van der Waals surface area contributed by atoms with Crippen LogP contribution in [0.1, 0.15) is 10.6 Å². The molecule has 2 aromatic heterocycles. The molecule has 4 heteroatoms. The molecule has 0 saturated heterocycles. The molecule has 11 heavy (non-hydrogen) atoms. The van der Waals surface area contributed by atoms with Crippen molar-refractivity contribution in [3.05, 3.63) is 23.5 Å². The van der Waals surface area contributed by atoms with Crippen LogP contribution in [0.15, 0.2) is 17.6 Å². The van der Waals surface area contributed by atoms with Crippen molar-refractivity contribution >= 4 is 27.8 Å². The van der Waals surface area contributed by atoms with Crippen molar-refractivity contribution in [1.29, 1.82) is 0 Å². The fourth-order valence-corrected chi connectivity index (χ4v) is 1.57. The summed E-state index contributed by atoms with van der Waals surface area (Å²) < 4.78 is 0. The third-order valence-electron chi connectivity index (χ3n) is 1.33. The molecule has 0 atom stereocenters. The minimum absolute atomic E-state index is 0.250. The lowest BCUT2D eigenvalue weighted by atomic mass is 10.4. The molecule has 0 saturated carbocycles. The van der Waals surface area contributed by atoms with E-state index in [1.54, 1.807) is 6.20 Å². The summed E-state index contributed by atoms with van der Waals surface area (Å²) >= 11 is 1.51. The van der Waals surface area contributed by atoms with E-state index >= 15 is 0 Å². The molecule has 0 aliphatic heterocycles. The Balaban J connectivity index is 2.76. The topological polar surface area (TPSA) is 42.9 Å². The van der Waals surface area contributed by atoms with Crippen LogP contribution in [0.2, 0.25) is 0 Å². The van der Waals surface area contributed by atoms with Crippen LogP contribution in [0.3, 0.4) is 0 Å². The Kier molecular flexibility index (Phi) is 1.40. The summed E-state index contributed by atoms with van der Waals surface area (Å²) in [5.74, 6) is 0.250. The average molecular weight is 164 g/mol. The van der Waals surface area contributed by atoms with E-state index in [1.165, 1.54) is 11.3 Å². The number of fused-ring (bicyclic) bond motifs is 1. The van der Waals surface area contributed by atoms with Gasteiger partial charge in [0.05, 0.1) is 0 Å². The van der Waals surface area contributed by atoms with Gasteiger partial charge >= 0.3 is 0 Å². The highest BCUT2D eigenvalue weighted by Gasteiger charge is 1.97. The molecule has 0 aliphatic rings. The SMILES string of the molecule is O=Cc1ncc2ccsc2n1. The van der Waals surface area contributed by atoms with Crippen molar-refractivity contribution in [2.45, 2.75) is 0 Å². The molecule has 54 valence electrons. The van der Waals surface area contributed by atoms with E-state index in [-0.39, 0.29) is 5.82 Å². The molecule has 0 spiro atoms. The number of carbonyl (C=O) groups excluding carboxylic acids is 1. The normalized spacial score (nSPS) is 10.2. The van der Waals surface area contributed by atoms with Gasteiger partial charge in [-0.3, -0.25) is 4.79 Å². The second-order valence-electron chi connectivity index (χ2n) is 2.03. The summed E-state index contributed by atoms with van der Waals surface area (Å²) in [7, 11) is 0. The maximum atomic E-state index is 10.3. The van der Waals surface area contributed by atoms with E-state index < -0.39 is 0 Å². The summed E-state index contributed by atoms with van der Waals surface area (Å²) in [6, 6.07) is 1.93. The molecule has 0 aliphatic carbocycles. The van der Waals surface area contributed by atoms with E-state index in [2.05, 4.69) is 9.97 Å². The van der Waals surface area contributed by atoms with Gasteiger partial charge in [0.25, 0.3) is 0 Å². The highest BCUT2D eigenvalue weighted by atomic mass is 32.1.